The number of hydrogen-bond acceptors (Lipinski definition) is 5. The summed E-state index contributed by atoms with van der Waals surface area (Å²) < 4.78 is 0. The molecule has 0 aliphatic carbocycles. The first-order valence-corrected chi connectivity index (χ1v) is 10.2. The molecule has 0 atom stereocenters. The number of hydrogen-bond donors (Lipinski definition) is 1. The van der Waals surface area contributed by atoms with Gasteiger partial charge < -0.3 is 9.88 Å². The van der Waals surface area contributed by atoms with Crippen molar-refractivity contribution < 1.29 is 4.79 Å². The zero-order chi connectivity index (χ0) is 20.9. The molecule has 1 aliphatic heterocycles. The van der Waals surface area contributed by atoms with Gasteiger partial charge in [-0.2, -0.15) is 0 Å². The van der Waals surface area contributed by atoms with Crippen molar-refractivity contribution >= 4 is 5.91 Å². The number of amides is 1. The Morgan fingerprint density at radius 1 is 1.00 bits per heavy atom. The Hall–Kier alpha value is -3.32. The first-order valence-electron chi connectivity index (χ1n) is 10.2. The van der Waals surface area contributed by atoms with Crippen molar-refractivity contribution in [3.05, 3.63) is 70.8 Å². The van der Waals surface area contributed by atoms with Crippen molar-refractivity contribution in [2.24, 2.45) is 0 Å². The van der Waals surface area contributed by atoms with E-state index in [1.54, 1.807) is 19.3 Å². The Kier molecular flexibility index (Phi) is 5.99. The molecule has 1 amide bonds. The van der Waals surface area contributed by atoms with Crippen LogP contribution in [0.5, 0.6) is 0 Å². The Labute approximate surface area is 175 Å². The van der Waals surface area contributed by atoms with Gasteiger partial charge in [-0.3, -0.25) is 19.5 Å². The average Bonchev–Trinajstić information content (AvgIpc) is 3.00. The molecule has 0 radical (unpaired) electrons. The standard InChI is InChI=1S/C23H25N5O2/c1-17(29)28-12-2-11-27(13-14-28)16-18-3-5-20(6-4-18)23-25-21(15-22(30)26-23)19-7-9-24-10-8-19/h3-10,15H,2,11-14,16H2,1H3,(H,25,26,30). The molecule has 7 heteroatoms. The van der Waals surface area contributed by atoms with Gasteiger partial charge in [0.25, 0.3) is 5.56 Å². The summed E-state index contributed by atoms with van der Waals surface area (Å²) in [4.78, 5) is 39.5. The van der Waals surface area contributed by atoms with Gasteiger partial charge in [0.2, 0.25) is 5.91 Å². The zero-order valence-corrected chi connectivity index (χ0v) is 17.0. The molecule has 154 valence electrons. The summed E-state index contributed by atoms with van der Waals surface area (Å²) in [6, 6.07) is 13.3. The molecule has 3 aromatic rings. The van der Waals surface area contributed by atoms with Crippen molar-refractivity contribution in [1.82, 2.24) is 24.8 Å². The van der Waals surface area contributed by atoms with Gasteiger partial charge in [-0.1, -0.05) is 24.3 Å². The second kappa shape index (κ2) is 9.00. The third kappa shape index (κ3) is 4.80. The summed E-state index contributed by atoms with van der Waals surface area (Å²) in [5.41, 5.74) is 3.36. The van der Waals surface area contributed by atoms with Crippen LogP contribution in [-0.2, 0) is 11.3 Å². The fourth-order valence-electron chi connectivity index (χ4n) is 3.74. The van der Waals surface area contributed by atoms with Crippen LogP contribution in [0.4, 0.5) is 0 Å². The maximum atomic E-state index is 12.1. The highest BCUT2D eigenvalue weighted by molar-refractivity contribution is 5.73. The summed E-state index contributed by atoms with van der Waals surface area (Å²) in [6.07, 6.45) is 4.36. The van der Waals surface area contributed by atoms with Crippen LogP contribution in [0.2, 0.25) is 0 Å². The molecule has 0 saturated carbocycles. The second-order valence-electron chi connectivity index (χ2n) is 7.55. The maximum Gasteiger partial charge on any atom is 0.251 e. The number of pyridine rings is 1. The topological polar surface area (TPSA) is 82.2 Å². The molecule has 0 unspecified atom stereocenters. The molecule has 7 nitrogen and oxygen atoms in total. The van der Waals surface area contributed by atoms with E-state index >= 15 is 0 Å². The van der Waals surface area contributed by atoms with E-state index in [1.165, 1.54) is 11.6 Å². The molecule has 3 heterocycles. The normalized spacial score (nSPS) is 15.0. The molecule has 2 aromatic heterocycles. The molecule has 1 fully saturated rings. The van der Waals surface area contributed by atoms with Gasteiger partial charge in [0.1, 0.15) is 5.82 Å². The van der Waals surface area contributed by atoms with Crippen molar-refractivity contribution in [1.29, 1.82) is 0 Å². The number of H-pyrrole nitrogens is 1. The summed E-state index contributed by atoms with van der Waals surface area (Å²) in [5, 5.41) is 0. The van der Waals surface area contributed by atoms with Crippen LogP contribution in [0.1, 0.15) is 18.9 Å². The zero-order valence-electron chi connectivity index (χ0n) is 17.0. The molecule has 1 aliphatic rings. The van der Waals surface area contributed by atoms with E-state index in [1.807, 2.05) is 29.2 Å². The van der Waals surface area contributed by atoms with E-state index in [0.717, 1.165) is 50.3 Å². The summed E-state index contributed by atoms with van der Waals surface area (Å²) in [6.45, 7) is 5.94. The van der Waals surface area contributed by atoms with Crippen molar-refractivity contribution in [3.8, 4) is 22.6 Å². The van der Waals surface area contributed by atoms with E-state index in [4.69, 9.17) is 0 Å². The Bertz CT molecular complexity index is 1060. The maximum absolute atomic E-state index is 12.1. The third-order valence-corrected chi connectivity index (χ3v) is 5.39. The number of nitrogens with zero attached hydrogens (tertiary/aromatic N) is 4. The molecule has 0 bridgehead atoms. The minimum absolute atomic E-state index is 0.150. The third-order valence-electron chi connectivity index (χ3n) is 5.39. The SMILES string of the molecule is CC(=O)N1CCCN(Cc2ccc(-c3nc(-c4ccncc4)cc(=O)[nH]3)cc2)CC1. The average molecular weight is 403 g/mol. The number of benzene rings is 1. The lowest BCUT2D eigenvalue weighted by Gasteiger charge is -2.21. The highest BCUT2D eigenvalue weighted by atomic mass is 16.2. The quantitative estimate of drug-likeness (QED) is 0.724. The highest BCUT2D eigenvalue weighted by Crippen LogP contribution is 2.20. The van der Waals surface area contributed by atoms with Crippen LogP contribution in [0.25, 0.3) is 22.6 Å². The van der Waals surface area contributed by atoms with Crippen LogP contribution >= 0.6 is 0 Å². The Balaban J connectivity index is 1.48. The summed E-state index contributed by atoms with van der Waals surface area (Å²) in [7, 11) is 0. The molecule has 30 heavy (non-hydrogen) atoms. The van der Waals surface area contributed by atoms with Gasteiger partial charge in [-0.05, 0) is 24.1 Å². The van der Waals surface area contributed by atoms with Gasteiger partial charge in [-0.15, -0.1) is 0 Å². The molecule has 1 aromatic carbocycles. The van der Waals surface area contributed by atoms with E-state index in [0.29, 0.717) is 11.5 Å². The van der Waals surface area contributed by atoms with Crippen LogP contribution < -0.4 is 5.56 Å². The molecule has 1 N–H and O–H groups in total. The molecular formula is C23H25N5O2. The van der Waals surface area contributed by atoms with Gasteiger partial charge in [0.05, 0.1) is 5.69 Å². The lowest BCUT2D eigenvalue weighted by Crippen LogP contribution is -2.33. The van der Waals surface area contributed by atoms with E-state index in [-0.39, 0.29) is 11.5 Å². The number of carbonyl (C=O) groups is 1. The smallest absolute Gasteiger partial charge is 0.251 e. The van der Waals surface area contributed by atoms with E-state index in [2.05, 4.69) is 32.0 Å². The largest absolute Gasteiger partial charge is 0.342 e. The van der Waals surface area contributed by atoms with Gasteiger partial charge >= 0.3 is 0 Å². The highest BCUT2D eigenvalue weighted by Gasteiger charge is 2.16. The second-order valence-corrected chi connectivity index (χ2v) is 7.55. The van der Waals surface area contributed by atoms with E-state index in [9.17, 15) is 9.59 Å². The molecule has 4 rings (SSSR count). The monoisotopic (exact) mass is 403 g/mol. The number of carbonyl (C=O) groups excluding carboxylic acids is 1. The predicted molar refractivity (Wildman–Crippen MR) is 116 cm³/mol. The number of nitrogens with one attached hydrogen (secondary N) is 1. The summed E-state index contributed by atoms with van der Waals surface area (Å²) >= 11 is 0. The Morgan fingerprint density at radius 3 is 2.50 bits per heavy atom. The van der Waals surface area contributed by atoms with Gasteiger partial charge in [-0.25, -0.2) is 4.98 Å². The van der Waals surface area contributed by atoms with Gasteiger partial charge in [0, 0.05) is 69.2 Å². The predicted octanol–water partition coefficient (Wildman–Crippen LogP) is 2.55. The number of aromatic amines is 1. The number of rotatable bonds is 4. The number of aromatic nitrogens is 3. The fraction of sp³-hybridized carbons (Fsp3) is 0.304. The lowest BCUT2D eigenvalue weighted by atomic mass is 10.1. The van der Waals surface area contributed by atoms with Crippen molar-refractivity contribution in [2.45, 2.75) is 19.9 Å². The van der Waals surface area contributed by atoms with Crippen LogP contribution in [0.15, 0.2) is 59.7 Å². The van der Waals surface area contributed by atoms with Crippen LogP contribution in [0, 0.1) is 0 Å². The minimum atomic E-state index is -0.185. The fourth-order valence-corrected chi connectivity index (χ4v) is 3.74. The van der Waals surface area contributed by atoms with Crippen LogP contribution in [-0.4, -0.2) is 56.8 Å². The van der Waals surface area contributed by atoms with Crippen molar-refractivity contribution in [3.63, 3.8) is 0 Å². The van der Waals surface area contributed by atoms with Crippen molar-refractivity contribution in [2.75, 3.05) is 26.2 Å². The molecular weight excluding hydrogens is 378 g/mol. The molecule has 0 spiro atoms. The lowest BCUT2D eigenvalue weighted by molar-refractivity contribution is -0.128. The first kappa shape index (κ1) is 20.0. The summed E-state index contributed by atoms with van der Waals surface area (Å²) in [5.74, 6) is 0.699. The molecule has 1 saturated heterocycles. The minimum Gasteiger partial charge on any atom is -0.342 e. The Morgan fingerprint density at radius 2 is 1.77 bits per heavy atom. The van der Waals surface area contributed by atoms with Gasteiger partial charge in [0.15, 0.2) is 0 Å². The van der Waals surface area contributed by atoms with Crippen LogP contribution in [0.3, 0.4) is 0 Å². The first-order chi connectivity index (χ1) is 14.6. The van der Waals surface area contributed by atoms with E-state index < -0.39 is 0 Å².